The van der Waals surface area contributed by atoms with Crippen LogP contribution < -0.4 is 0 Å². The van der Waals surface area contributed by atoms with Crippen molar-refractivity contribution in [2.75, 3.05) is 0 Å². The van der Waals surface area contributed by atoms with E-state index in [4.69, 9.17) is 0 Å². The summed E-state index contributed by atoms with van der Waals surface area (Å²) in [6.45, 7) is 0. The maximum Gasteiger partial charge on any atom is 2.00 e. The van der Waals surface area contributed by atoms with Gasteiger partial charge < -0.3 is 9.97 Å². The average Bonchev–Trinajstić information content (AvgIpc) is 2.82. The molecule has 0 amide bonds. The van der Waals surface area contributed by atoms with Gasteiger partial charge in [-0.05, 0) is 23.5 Å². The van der Waals surface area contributed by atoms with E-state index in [1.165, 1.54) is 0 Å². The van der Waals surface area contributed by atoms with E-state index in [9.17, 15) is 43.9 Å². The molecule has 0 unspecified atom stereocenters. The molecule has 212 valence electrons. The minimum atomic E-state index is -5.22. The fourth-order valence-electron chi connectivity index (χ4n) is 4.03. The van der Waals surface area contributed by atoms with Gasteiger partial charge in [-0.15, -0.1) is 12.1 Å². The van der Waals surface area contributed by atoms with E-state index in [0.29, 0.717) is 12.1 Å². The van der Waals surface area contributed by atoms with E-state index in [0.717, 1.165) is 36.4 Å². The summed E-state index contributed by atoms with van der Waals surface area (Å²) >= 11 is 0. The Labute approximate surface area is 233 Å². The molecular weight excluding hydrogens is 741 g/mol. The summed E-state index contributed by atoms with van der Waals surface area (Å²) < 4.78 is 138. The van der Waals surface area contributed by atoms with Crippen LogP contribution in [0.1, 0.15) is 24.2 Å². The number of rotatable bonds is 6. The zero-order chi connectivity index (χ0) is 28.6. The molecule has 0 aliphatic rings. The van der Waals surface area contributed by atoms with Gasteiger partial charge in [0.05, 0.1) is 18.3 Å². The van der Waals surface area contributed by atoms with Crippen molar-refractivity contribution in [1.29, 1.82) is 0 Å². The van der Waals surface area contributed by atoms with Gasteiger partial charge in [0.2, 0.25) is 0 Å². The van der Waals surface area contributed by atoms with Crippen LogP contribution in [0, 0.1) is 35.9 Å². The Morgan fingerprint density at radius 3 is 1.27 bits per heavy atom. The second-order valence-corrected chi connectivity index (χ2v) is 8.26. The van der Waals surface area contributed by atoms with Gasteiger partial charge in [-0.2, -0.15) is 26.3 Å². The number of hydrogen-bond donors (Lipinski definition) is 0. The summed E-state index contributed by atoms with van der Waals surface area (Å²) in [6, 6.07) is 11.4. The summed E-state index contributed by atoms with van der Waals surface area (Å²) in [7, 11) is 0. The molecule has 4 aromatic rings. The Morgan fingerprint density at radius 2 is 0.950 bits per heavy atom. The van der Waals surface area contributed by atoms with Crippen molar-refractivity contribution in [3.63, 3.8) is 0 Å². The van der Waals surface area contributed by atoms with Gasteiger partial charge in [-0.1, -0.05) is 47.5 Å². The minimum absolute atomic E-state index is 0. The van der Waals surface area contributed by atoms with Crippen molar-refractivity contribution in [2.45, 2.75) is 30.6 Å². The second kappa shape index (κ2) is 11.6. The Hall–Kier alpha value is -3.41. The zero-order valence-electron chi connectivity index (χ0n) is 19.4. The van der Waals surface area contributed by atoms with E-state index < -0.39 is 88.3 Å². The summed E-state index contributed by atoms with van der Waals surface area (Å²) in [5, 5.41) is 0. The van der Waals surface area contributed by atoms with Crippen molar-refractivity contribution in [2.24, 2.45) is 0 Å². The van der Waals surface area contributed by atoms with E-state index in [-0.39, 0.29) is 21.1 Å². The van der Waals surface area contributed by atoms with Gasteiger partial charge in [0, 0.05) is 11.4 Å². The Morgan fingerprint density at radius 1 is 0.575 bits per heavy atom. The van der Waals surface area contributed by atoms with Gasteiger partial charge in [0.1, 0.15) is 23.8 Å². The maximum absolute atomic E-state index is 14.3. The molecule has 0 N–H and O–H groups in total. The van der Waals surface area contributed by atoms with Crippen LogP contribution >= 0.6 is 0 Å². The van der Waals surface area contributed by atoms with Gasteiger partial charge >= 0.3 is 33.4 Å². The molecule has 0 radical (unpaired) electrons. The van der Waals surface area contributed by atoms with E-state index >= 15 is 0 Å². The van der Waals surface area contributed by atoms with Crippen molar-refractivity contribution in [1.82, 2.24) is 19.9 Å². The van der Waals surface area contributed by atoms with E-state index in [2.05, 4.69) is 32.1 Å². The van der Waals surface area contributed by atoms with E-state index in [1.54, 1.807) is 0 Å². The zero-order valence-corrected chi connectivity index (χ0v) is 21.7. The van der Waals surface area contributed by atoms with Gasteiger partial charge in [0.15, 0.2) is 0 Å². The molecule has 0 saturated carbocycles. The SMILES string of the molecule is Fc1c[c-]c(-c2cccc(C(CC(F)(F)F)(CC(F)(F)F)c3cccc(-c4[c-]cc(F)nc4F)n3)n2)c(F)n1.[Pt+2]. The second-order valence-electron chi connectivity index (χ2n) is 8.26. The van der Waals surface area contributed by atoms with Crippen LogP contribution in [-0.4, -0.2) is 32.3 Å². The number of halogens is 10. The molecule has 0 saturated heterocycles. The molecule has 4 heterocycles. The molecule has 0 aliphatic heterocycles. The third kappa shape index (κ3) is 7.01. The first-order chi connectivity index (χ1) is 18.2. The van der Waals surface area contributed by atoms with Crippen LogP contribution in [0.5, 0.6) is 0 Å². The molecule has 4 aromatic heterocycles. The third-order valence-corrected chi connectivity index (χ3v) is 5.49. The molecule has 0 aliphatic carbocycles. The summed E-state index contributed by atoms with van der Waals surface area (Å²) in [6.07, 6.45) is -14.7. The van der Waals surface area contributed by atoms with Gasteiger partial charge in [-0.25, -0.2) is 17.6 Å². The number of aromatic nitrogens is 4. The number of pyridine rings is 4. The minimum Gasteiger partial charge on any atom is -0.300 e. The summed E-state index contributed by atoms with van der Waals surface area (Å²) in [5.74, 6) is -5.44. The van der Waals surface area contributed by atoms with Crippen LogP contribution in [0.25, 0.3) is 22.5 Å². The molecule has 4 rings (SSSR count). The largest absolute Gasteiger partial charge is 2.00 e. The first-order valence-electron chi connectivity index (χ1n) is 10.7. The van der Waals surface area contributed by atoms with Crippen molar-refractivity contribution in [3.05, 3.63) is 95.8 Å². The summed E-state index contributed by atoms with van der Waals surface area (Å²) in [4.78, 5) is 13.6. The molecule has 4 nitrogen and oxygen atoms in total. The molecule has 40 heavy (non-hydrogen) atoms. The normalized spacial score (nSPS) is 12.2. The molecule has 0 atom stereocenters. The molecule has 0 bridgehead atoms. The molecule has 0 spiro atoms. The van der Waals surface area contributed by atoms with Crippen LogP contribution in [0.3, 0.4) is 0 Å². The van der Waals surface area contributed by atoms with Crippen molar-refractivity contribution in [3.8, 4) is 22.5 Å². The predicted molar refractivity (Wildman–Crippen MR) is 115 cm³/mol. The van der Waals surface area contributed by atoms with Crippen LogP contribution in [0.4, 0.5) is 43.9 Å². The van der Waals surface area contributed by atoms with E-state index in [1.807, 2.05) is 0 Å². The fourth-order valence-corrected chi connectivity index (χ4v) is 4.03. The third-order valence-electron chi connectivity index (χ3n) is 5.49. The Kier molecular flexibility index (Phi) is 9.02. The van der Waals surface area contributed by atoms with Gasteiger partial charge in [0.25, 0.3) is 0 Å². The van der Waals surface area contributed by atoms with Crippen LogP contribution in [0.2, 0.25) is 0 Å². The fraction of sp³-hybridized carbons (Fsp3) is 0.200. The molecule has 0 fully saturated rings. The average molecular weight is 753 g/mol. The number of hydrogen-bond acceptors (Lipinski definition) is 4. The first kappa shape index (κ1) is 31.1. The van der Waals surface area contributed by atoms with Crippen LogP contribution in [-0.2, 0) is 26.5 Å². The molecule has 0 aromatic carbocycles. The quantitative estimate of drug-likeness (QED) is 0.122. The van der Waals surface area contributed by atoms with Crippen molar-refractivity contribution >= 4 is 0 Å². The molecular formula is C25H12F10N4Pt. The standard InChI is InChI=1S/C25H12F10N4.Pt/c26-19-9-7-13(21(28)38-19)15-3-1-5-17(36-15)23(11-24(30,31)32,12-25(33,34)35)18-6-2-4-16(37-18)14-8-10-20(27)39-22(14)29;/h1-6,9-10H,11-12H2;/q-2;+2. The first-order valence-corrected chi connectivity index (χ1v) is 10.7. The smallest absolute Gasteiger partial charge is 0.300 e. The van der Waals surface area contributed by atoms with Crippen molar-refractivity contribution < 1.29 is 65.0 Å². The number of nitrogens with zero attached hydrogens (tertiary/aromatic N) is 4. The topological polar surface area (TPSA) is 51.6 Å². The number of alkyl halides is 6. The monoisotopic (exact) mass is 753 g/mol. The summed E-state index contributed by atoms with van der Waals surface area (Å²) in [5.41, 5.74) is -6.88. The van der Waals surface area contributed by atoms with Crippen LogP contribution in [0.15, 0.2) is 48.5 Å². The maximum atomic E-state index is 14.3. The Balaban J connectivity index is 0.00000441. The predicted octanol–water partition coefficient (Wildman–Crippen LogP) is 6.95. The van der Waals surface area contributed by atoms with Gasteiger partial charge in [-0.3, -0.25) is 9.97 Å². The molecule has 15 heteroatoms. The Bertz CT molecular complexity index is 1390.